The normalized spacial score (nSPS) is 17.9. The Morgan fingerprint density at radius 1 is 1.23 bits per heavy atom. The van der Waals surface area contributed by atoms with Crippen LogP contribution in [0, 0.1) is 11.6 Å². The van der Waals surface area contributed by atoms with E-state index in [0.29, 0.717) is 49.0 Å². The molecule has 2 aromatic carbocycles. The lowest BCUT2D eigenvalue weighted by Crippen LogP contribution is -2.40. The van der Waals surface area contributed by atoms with E-state index in [2.05, 4.69) is 5.32 Å². The molecule has 0 saturated carbocycles. The summed E-state index contributed by atoms with van der Waals surface area (Å²) in [5.41, 5.74) is -0.279. The van der Waals surface area contributed by atoms with Gasteiger partial charge in [-0.3, -0.25) is 5.32 Å². The standard InChI is InChI=1S/C22H23F2NO6/c1-2-29-19-7-4-14(12-22(20(26)27)8-3-9-31-22)10-15(19)13-30-21(28)25-18-6-5-16(23)11-17(18)24/h4-7,10-11H,2-3,8-9,12-13H2,1H3,(H,25,28)(H,26,27). The molecule has 7 nitrogen and oxygen atoms in total. The molecule has 1 aliphatic heterocycles. The van der Waals surface area contributed by atoms with Gasteiger partial charge in [0.2, 0.25) is 0 Å². The van der Waals surface area contributed by atoms with Crippen molar-refractivity contribution < 1.29 is 37.7 Å². The summed E-state index contributed by atoms with van der Waals surface area (Å²) in [6, 6.07) is 7.87. The Kier molecular flexibility index (Phi) is 7.06. The van der Waals surface area contributed by atoms with Crippen LogP contribution in [0.15, 0.2) is 36.4 Å². The van der Waals surface area contributed by atoms with Gasteiger partial charge in [-0.15, -0.1) is 0 Å². The molecule has 1 saturated heterocycles. The van der Waals surface area contributed by atoms with E-state index in [1.165, 1.54) is 0 Å². The van der Waals surface area contributed by atoms with Crippen LogP contribution in [0.4, 0.5) is 19.3 Å². The van der Waals surface area contributed by atoms with Crippen molar-refractivity contribution in [2.24, 2.45) is 0 Å². The minimum Gasteiger partial charge on any atom is -0.493 e. The smallest absolute Gasteiger partial charge is 0.412 e. The summed E-state index contributed by atoms with van der Waals surface area (Å²) in [6.45, 7) is 2.37. The van der Waals surface area contributed by atoms with Crippen LogP contribution < -0.4 is 10.1 Å². The van der Waals surface area contributed by atoms with Crippen LogP contribution in [0.2, 0.25) is 0 Å². The Labute approximate surface area is 177 Å². The average molecular weight is 435 g/mol. The lowest BCUT2D eigenvalue weighted by molar-refractivity contribution is -0.159. The summed E-state index contributed by atoms with van der Waals surface area (Å²) in [5, 5.41) is 11.8. The van der Waals surface area contributed by atoms with Gasteiger partial charge in [0, 0.05) is 24.7 Å². The zero-order valence-corrected chi connectivity index (χ0v) is 17.0. The zero-order valence-electron chi connectivity index (χ0n) is 17.0. The Hall–Kier alpha value is -3.20. The van der Waals surface area contributed by atoms with Gasteiger partial charge < -0.3 is 19.3 Å². The predicted molar refractivity (Wildman–Crippen MR) is 107 cm³/mol. The average Bonchev–Trinajstić information content (AvgIpc) is 3.20. The molecule has 0 aromatic heterocycles. The first-order chi connectivity index (χ1) is 14.8. The van der Waals surface area contributed by atoms with Crippen LogP contribution in [-0.2, 0) is 27.3 Å². The number of anilines is 1. The Bertz CT molecular complexity index is 959. The Morgan fingerprint density at radius 3 is 2.68 bits per heavy atom. The maximum atomic E-state index is 13.7. The first-order valence-electron chi connectivity index (χ1n) is 9.84. The van der Waals surface area contributed by atoms with E-state index >= 15 is 0 Å². The molecule has 1 fully saturated rings. The molecule has 1 aliphatic rings. The van der Waals surface area contributed by atoms with Gasteiger partial charge in [0.25, 0.3) is 0 Å². The maximum Gasteiger partial charge on any atom is 0.412 e. The number of ether oxygens (including phenoxy) is 3. The Morgan fingerprint density at radius 2 is 2.03 bits per heavy atom. The quantitative estimate of drug-likeness (QED) is 0.643. The minimum atomic E-state index is -1.28. The molecular formula is C22H23F2NO6. The van der Waals surface area contributed by atoms with Crippen molar-refractivity contribution in [3.63, 3.8) is 0 Å². The number of carboxylic acid groups (broad SMARTS) is 1. The summed E-state index contributed by atoms with van der Waals surface area (Å²) in [6.07, 6.45) is 0.306. The molecule has 3 rings (SSSR count). The third-order valence-corrected chi connectivity index (χ3v) is 4.93. The van der Waals surface area contributed by atoms with Crippen LogP contribution in [-0.4, -0.2) is 36.0 Å². The second-order valence-corrected chi connectivity index (χ2v) is 7.13. The first kappa shape index (κ1) is 22.5. The number of rotatable bonds is 8. The molecule has 166 valence electrons. The summed E-state index contributed by atoms with van der Waals surface area (Å²) < 4.78 is 42.9. The van der Waals surface area contributed by atoms with Crippen LogP contribution in [0.3, 0.4) is 0 Å². The number of halogens is 2. The van der Waals surface area contributed by atoms with Crippen molar-refractivity contribution in [2.75, 3.05) is 18.5 Å². The number of carbonyl (C=O) groups excluding carboxylic acids is 1. The molecule has 0 bridgehead atoms. The zero-order chi connectivity index (χ0) is 22.4. The van der Waals surface area contributed by atoms with Gasteiger partial charge in [-0.1, -0.05) is 6.07 Å². The first-order valence-corrected chi connectivity index (χ1v) is 9.84. The van der Waals surface area contributed by atoms with Crippen molar-refractivity contribution >= 4 is 17.7 Å². The molecule has 31 heavy (non-hydrogen) atoms. The van der Waals surface area contributed by atoms with Crippen molar-refractivity contribution in [1.82, 2.24) is 0 Å². The highest BCUT2D eigenvalue weighted by Gasteiger charge is 2.43. The van der Waals surface area contributed by atoms with E-state index in [0.717, 1.165) is 12.1 Å². The fourth-order valence-electron chi connectivity index (χ4n) is 3.44. The molecule has 0 radical (unpaired) electrons. The summed E-state index contributed by atoms with van der Waals surface area (Å²) >= 11 is 0. The van der Waals surface area contributed by atoms with Gasteiger partial charge >= 0.3 is 12.1 Å². The largest absolute Gasteiger partial charge is 0.493 e. The number of hydrogen-bond acceptors (Lipinski definition) is 5. The number of amides is 1. The third-order valence-electron chi connectivity index (χ3n) is 4.93. The van der Waals surface area contributed by atoms with Gasteiger partial charge in [-0.05, 0) is 49.6 Å². The molecule has 1 atom stereocenters. The molecule has 0 aliphatic carbocycles. The fourth-order valence-corrected chi connectivity index (χ4v) is 3.44. The van der Waals surface area contributed by atoms with E-state index in [-0.39, 0.29) is 18.7 Å². The van der Waals surface area contributed by atoms with Crippen LogP contribution in [0.25, 0.3) is 0 Å². The second kappa shape index (κ2) is 9.74. The molecule has 2 aromatic rings. The van der Waals surface area contributed by atoms with E-state index in [1.54, 1.807) is 25.1 Å². The minimum absolute atomic E-state index is 0.161. The van der Waals surface area contributed by atoms with Crippen molar-refractivity contribution in [3.8, 4) is 5.75 Å². The topological polar surface area (TPSA) is 94.1 Å². The lowest BCUT2D eigenvalue weighted by Gasteiger charge is -2.24. The van der Waals surface area contributed by atoms with E-state index in [9.17, 15) is 23.5 Å². The molecule has 9 heteroatoms. The molecule has 0 spiro atoms. The Balaban J connectivity index is 1.72. The second-order valence-electron chi connectivity index (χ2n) is 7.13. The molecular weight excluding hydrogens is 412 g/mol. The number of carboxylic acids is 1. The highest BCUT2D eigenvalue weighted by atomic mass is 19.1. The van der Waals surface area contributed by atoms with Gasteiger partial charge in [-0.2, -0.15) is 0 Å². The van der Waals surface area contributed by atoms with Crippen molar-refractivity contribution in [2.45, 2.75) is 38.4 Å². The fraction of sp³-hybridized carbons (Fsp3) is 0.364. The molecule has 1 heterocycles. The number of carbonyl (C=O) groups is 2. The number of nitrogens with one attached hydrogen (secondary N) is 1. The van der Waals surface area contributed by atoms with Gasteiger partial charge in [-0.25, -0.2) is 18.4 Å². The predicted octanol–water partition coefficient (Wildman–Crippen LogP) is 4.29. The van der Waals surface area contributed by atoms with Crippen LogP contribution >= 0.6 is 0 Å². The van der Waals surface area contributed by atoms with E-state index < -0.39 is 29.3 Å². The maximum absolute atomic E-state index is 13.7. The van der Waals surface area contributed by atoms with Gasteiger partial charge in [0.05, 0.1) is 12.3 Å². The van der Waals surface area contributed by atoms with Gasteiger partial charge in [0.15, 0.2) is 5.60 Å². The van der Waals surface area contributed by atoms with Crippen molar-refractivity contribution in [1.29, 1.82) is 0 Å². The summed E-state index contributed by atoms with van der Waals surface area (Å²) in [5.74, 6) is -2.23. The summed E-state index contributed by atoms with van der Waals surface area (Å²) in [4.78, 5) is 23.8. The highest BCUT2D eigenvalue weighted by molar-refractivity contribution is 5.84. The monoisotopic (exact) mass is 435 g/mol. The third kappa shape index (κ3) is 5.49. The SMILES string of the molecule is CCOc1ccc(CC2(C(=O)O)CCCO2)cc1COC(=O)Nc1ccc(F)cc1F. The lowest BCUT2D eigenvalue weighted by atomic mass is 9.91. The van der Waals surface area contributed by atoms with Crippen LogP contribution in [0.5, 0.6) is 5.75 Å². The highest BCUT2D eigenvalue weighted by Crippen LogP contribution is 2.32. The van der Waals surface area contributed by atoms with Crippen molar-refractivity contribution in [3.05, 3.63) is 59.2 Å². The molecule has 1 unspecified atom stereocenters. The van der Waals surface area contributed by atoms with Crippen LogP contribution in [0.1, 0.15) is 30.9 Å². The number of aliphatic carboxylic acids is 1. The van der Waals surface area contributed by atoms with Gasteiger partial charge in [0.1, 0.15) is 24.0 Å². The molecule has 2 N–H and O–H groups in total. The number of hydrogen-bond donors (Lipinski definition) is 2. The summed E-state index contributed by atoms with van der Waals surface area (Å²) in [7, 11) is 0. The number of benzene rings is 2. The molecule has 1 amide bonds. The van der Waals surface area contributed by atoms with E-state index in [1.807, 2.05) is 0 Å². The van der Waals surface area contributed by atoms with E-state index in [4.69, 9.17) is 14.2 Å².